The number of carbonyl (C=O) groups excluding carboxylic acids is 1. The third-order valence-electron chi connectivity index (χ3n) is 4.39. The van der Waals surface area contributed by atoms with Gasteiger partial charge in [0.2, 0.25) is 0 Å². The number of halogens is 1. The van der Waals surface area contributed by atoms with Crippen LogP contribution in [-0.4, -0.2) is 41.9 Å². The van der Waals surface area contributed by atoms with Gasteiger partial charge < -0.3 is 4.84 Å². The Morgan fingerprint density at radius 3 is 2.39 bits per heavy atom. The highest BCUT2D eigenvalue weighted by atomic mass is 32.2. The van der Waals surface area contributed by atoms with Crippen molar-refractivity contribution in [3.8, 4) is 16.9 Å². The molecule has 0 radical (unpaired) electrons. The second-order valence-corrected chi connectivity index (χ2v) is 8.70. The lowest BCUT2D eigenvalue weighted by Crippen LogP contribution is -2.07. The van der Waals surface area contributed by atoms with E-state index in [1.54, 1.807) is 12.1 Å². The van der Waals surface area contributed by atoms with Gasteiger partial charge in [0.1, 0.15) is 11.5 Å². The van der Waals surface area contributed by atoms with Gasteiger partial charge >= 0.3 is 0 Å². The number of sulfone groups is 1. The first kappa shape index (κ1) is 22.1. The molecule has 1 aromatic heterocycles. The summed E-state index contributed by atoms with van der Waals surface area (Å²) >= 11 is 0. The molecule has 2 aromatic carbocycles. The fourth-order valence-corrected chi connectivity index (χ4v) is 3.51. The molecule has 162 valence electrons. The lowest BCUT2D eigenvalue weighted by Gasteiger charge is -2.08. The minimum absolute atomic E-state index is 0.0132. The van der Waals surface area contributed by atoms with Gasteiger partial charge in [-0.3, -0.25) is 4.79 Å². The average molecular weight is 447 g/mol. The second kappa shape index (κ2) is 9.04. The zero-order chi connectivity index (χ0) is 22.6. The van der Waals surface area contributed by atoms with Crippen molar-refractivity contribution in [3.63, 3.8) is 0 Å². The van der Waals surface area contributed by atoms with E-state index in [0.29, 0.717) is 16.9 Å². The predicted molar refractivity (Wildman–Crippen MR) is 109 cm³/mol. The smallest absolute Gasteiger partial charge is 0.294 e. The molecule has 0 saturated carbocycles. The summed E-state index contributed by atoms with van der Waals surface area (Å²) in [4.78, 5) is 27.1. The van der Waals surface area contributed by atoms with E-state index in [1.165, 1.54) is 47.1 Å². The molecule has 11 heteroatoms. The van der Waals surface area contributed by atoms with Gasteiger partial charge in [0, 0.05) is 18.2 Å². The number of aromatic nitrogens is 2. The first-order valence-corrected chi connectivity index (χ1v) is 11.0. The molecule has 0 atom stereocenters. The lowest BCUT2D eigenvalue weighted by molar-refractivity contribution is -0.757. The molecule has 31 heavy (non-hydrogen) atoms. The first-order valence-electron chi connectivity index (χ1n) is 9.12. The summed E-state index contributed by atoms with van der Waals surface area (Å²) < 4.78 is 38.2. The van der Waals surface area contributed by atoms with E-state index < -0.39 is 20.7 Å². The third-order valence-corrected chi connectivity index (χ3v) is 5.52. The second-order valence-electron chi connectivity index (χ2n) is 6.68. The number of hydrogen-bond acceptors (Lipinski definition) is 7. The maximum Gasteiger partial charge on any atom is 0.294 e. The van der Waals surface area contributed by atoms with E-state index in [2.05, 4.69) is 9.94 Å². The molecule has 0 aliphatic carbocycles. The van der Waals surface area contributed by atoms with Crippen LogP contribution in [0, 0.1) is 15.9 Å². The van der Waals surface area contributed by atoms with Gasteiger partial charge in [-0.15, -0.1) is 10.1 Å². The quantitative estimate of drug-likeness (QED) is 0.214. The van der Waals surface area contributed by atoms with Crippen molar-refractivity contribution < 1.29 is 27.5 Å². The van der Waals surface area contributed by atoms with Gasteiger partial charge in [0.05, 0.1) is 22.9 Å². The third kappa shape index (κ3) is 5.51. The molecule has 0 aliphatic heterocycles. The van der Waals surface area contributed by atoms with E-state index in [1.807, 2.05) is 0 Å². The zero-order valence-electron chi connectivity index (χ0n) is 16.4. The van der Waals surface area contributed by atoms with Crippen LogP contribution in [0.15, 0.2) is 59.5 Å². The van der Waals surface area contributed by atoms with Gasteiger partial charge in [-0.25, -0.2) is 17.5 Å². The maximum absolute atomic E-state index is 13.3. The topological polar surface area (TPSA) is 121 Å². The van der Waals surface area contributed by atoms with Crippen LogP contribution in [-0.2, 0) is 14.7 Å². The van der Waals surface area contributed by atoms with E-state index in [4.69, 9.17) is 0 Å². The largest absolute Gasteiger partial charge is 0.314 e. The van der Waals surface area contributed by atoms with E-state index in [-0.39, 0.29) is 35.8 Å². The molecule has 0 amide bonds. The fraction of sp³-hybridized carbons (Fsp3) is 0.200. The SMILES string of the molecule is CS(=O)(=O)c1ccc(-c2cc(C(=O)CCCO[N+](=O)[O-])nn2-c2ccc(F)cc2)cc1. The van der Waals surface area contributed by atoms with Crippen LogP contribution in [0.25, 0.3) is 16.9 Å². The van der Waals surface area contributed by atoms with Crippen molar-refractivity contribution in [2.45, 2.75) is 17.7 Å². The summed E-state index contributed by atoms with van der Waals surface area (Å²) in [6, 6.07) is 13.1. The summed E-state index contributed by atoms with van der Waals surface area (Å²) in [5, 5.41) is 13.6. The Labute approximate surface area is 177 Å². The van der Waals surface area contributed by atoms with Crippen molar-refractivity contribution in [3.05, 3.63) is 76.2 Å². The van der Waals surface area contributed by atoms with Crippen LogP contribution < -0.4 is 0 Å². The van der Waals surface area contributed by atoms with Crippen molar-refractivity contribution in [1.82, 2.24) is 9.78 Å². The van der Waals surface area contributed by atoms with E-state index >= 15 is 0 Å². The Morgan fingerprint density at radius 1 is 1.16 bits per heavy atom. The summed E-state index contributed by atoms with van der Waals surface area (Å²) in [6.07, 6.45) is 1.23. The van der Waals surface area contributed by atoms with Gasteiger partial charge in [-0.1, -0.05) is 12.1 Å². The van der Waals surface area contributed by atoms with Gasteiger partial charge in [-0.05, 0) is 48.9 Å². The molecule has 3 rings (SSSR count). The van der Waals surface area contributed by atoms with Crippen molar-refractivity contribution >= 4 is 15.6 Å². The van der Waals surface area contributed by atoms with Gasteiger partial charge in [0.15, 0.2) is 15.6 Å². The highest BCUT2D eigenvalue weighted by Gasteiger charge is 2.18. The number of Topliss-reactive ketones (excluding diaryl/α,β-unsaturated/α-hetero) is 1. The maximum atomic E-state index is 13.3. The highest BCUT2D eigenvalue weighted by molar-refractivity contribution is 7.90. The van der Waals surface area contributed by atoms with Crippen LogP contribution in [0.5, 0.6) is 0 Å². The molecule has 1 heterocycles. The fourth-order valence-electron chi connectivity index (χ4n) is 2.87. The minimum atomic E-state index is -3.37. The Kier molecular flexibility index (Phi) is 6.44. The van der Waals surface area contributed by atoms with Crippen LogP contribution >= 0.6 is 0 Å². The minimum Gasteiger partial charge on any atom is -0.314 e. The first-order chi connectivity index (χ1) is 14.6. The van der Waals surface area contributed by atoms with Crippen LogP contribution in [0.1, 0.15) is 23.3 Å². The molecule has 0 aliphatic rings. The Balaban J connectivity index is 1.95. The monoisotopic (exact) mass is 447 g/mol. The van der Waals surface area contributed by atoms with Crippen LogP contribution in [0.2, 0.25) is 0 Å². The number of rotatable bonds is 9. The summed E-state index contributed by atoms with van der Waals surface area (Å²) in [7, 11) is -3.37. The molecular weight excluding hydrogens is 429 g/mol. The number of carbonyl (C=O) groups is 1. The predicted octanol–water partition coefficient (Wildman–Crippen LogP) is 3.25. The van der Waals surface area contributed by atoms with E-state index in [9.17, 15) is 27.7 Å². The Bertz CT molecular complexity index is 1200. The van der Waals surface area contributed by atoms with Crippen LogP contribution in [0.4, 0.5) is 4.39 Å². The Hall–Kier alpha value is -3.60. The van der Waals surface area contributed by atoms with E-state index in [0.717, 1.165) is 6.26 Å². The highest BCUT2D eigenvalue weighted by Crippen LogP contribution is 2.26. The zero-order valence-corrected chi connectivity index (χ0v) is 17.2. The molecular formula is C20H18FN3O6S. The van der Waals surface area contributed by atoms with Gasteiger partial charge in [0.25, 0.3) is 5.09 Å². The Morgan fingerprint density at radius 2 is 1.81 bits per heavy atom. The van der Waals surface area contributed by atoms with Crippen LogP contribution in [0.3, 0.4) is 0 Å². The number of nitrogens with zero attached hydrogens (tertiary/aromatic N) is 3. The lowest BCUT2D eigenvalue weighted by atomic mass is 10.1. The summed E-state index contributed by atoms with van der Waals surface area (Å²) in [5.74, 6) is -0.779. The van der Waals surface area contributed by atoms with Gasteiger partial charge in [-0.2, -0.15) is 5.10 Å². The molecule has 0 spiro atoms. The number of hydrogen-bond donors (Lipinski definition) is 0. The molecule has 0 unspecified atom stereocenters. The standard InChI is InChI=1S/C20H18FN3O6S/c1-31(28,29)17-10-4-14(5-11-17)19-13-18(20(25)3-2-12-30-24(26)27)22-23(19)16-8-6-15(21)7-9-16/h4-11,13H,2-3,12H2,1H3. The average Bonchev–Trinajstić information content (AvgIpc) is 3.16. The normalized spacial score (nSPS) is 11.3. The van der Waals surface area contributed by atoms with Crippen molar-refractivity contribution in [1.29, 1.82) is 0 Å². The molecule has 9 nitrogen and oxygen atoms in total. The number of ketones is 1. The molecule has 0 saturated heterocycles. The molecule has 0 fully saturated rings. The molecule has 0 bridgehead atoms. The van der Waals surface area contributed by atoms with Crippen molar-refractivity contribution in [2.24, 2.45) is 0 Å². The summed E-state index contributed by atoms with van der Waals surface area (Å²) in [6.45, 7) is -0.211. The van der Waals surface area contributed by atoms with Crippen molar-refractivity contribution in [2.75, 3.05) is 12.9 Å². The molecule has 0 N–H and O–H groups in total. The molecule has 3 aromatic rings. The summed E-state index contributed by atoms with van der Waals surface area (Å²) in [5.41, 5.74) is 1.71. The number of benzene rings is 2.